The number of nitrogens with zero attached hydrogens (tertiary/aromatic N) is 2. The van der Waals surface area contributed by atoms with Crippen LogP contribution in [0.1, 0.15) is 31.9 Å². The van der Waals surface area contributed by atoms with Crippen molar-refractivity contribution in [2.45, 2.75) is 38.5 Å². The number of amides is 1. The van der Waals surface area contributed by atoms with Gasteiger partial charge in [-0.2, -0.15) is 5.26 Å². The lowest BCUT2D eigenvalue weighted by molar-refractivity contribution is -0.137. The van der Waals surface area contributed by atoms with Crippen LogP contribution in [0.25, 0.3) is 0 Å². The summed E-state index contributed by atoms with van der Waals surface area (Å²) in [4.78, 5) is 27.6. The fraction of sp³-hybridized carbons (Fsp3) is 0.261. The molecule has 6 heteroatoms. The van der Waals surface area contributed by atoms with Crippen molar-refractivity contribution < 1.29 is 19.1 Å². The lowest BCUT2D eigenvalue weighted by atomic mass is 9.88. The standard InChI is InChI=1S/C23H22N2O4/c1-16(14-24)23(29-21(27)28-22(2,3)4)18-12-8-9-13-19(18)25(20(23)26)15-17-10-6-5-7-11-17/h5-13H,1,15H2,2-4H3. The Kier molecular flexibility index (Phi) is 5.17. The molecule has 0 bridgehead atoms. The maximum atomic E-state index is 13.6. The Morgan fingerprint density at radius 1 is 1.14 bits per heavy atom. The highest BCUT2D eigenvalue weighted by molar-refractivity contribution is 6.10. The lowest BCUT2D eigenvalue weighted by Gasteiger charge is -2.29. The van der Waals surface area contributed by atoms with Crippen molar-refractivity contribution in [3.05, 3.63) is 77.9 Å². The van der Waals surface area contributed by atoms with E-state index in [-0.39, 0.29) is 12.1 Å². The fourth-order valence-corrected chi connectivity index (χ4v) is 3.27. The van der Waals surface area contributed by atoms with Gasteiger partial charge in [0, 0.05) is 5.56 Å². The molecule has 1 aliphatic heterocycles. The molecule has 0 saturated carbocycles. The van der Waals surface area contributed by atoms with Crippen LogP contribution in [0.15, 0.2) is 66.7 Å². The largest absolute Gasteiger partial charge is 0.510 e. The molecule has 0 fully saturated rings. The summed E-state index contributed by atoms with van der Waals surface area (Å²) in [7, 11) is 0. The molecule has 1 heterocycles. The smallest absolute Gasteiger partial charge is 0.429 e. The second-order valence-corrected chi connectivity index (χ2v) is 7.73. The first kappa shape index (κ1) is 20.2. The third-order valence-electron chi connectivity index (χ3n) is 4.49. The van der Waals surface area contributed by atoms with Crippen molar-refractivity contribution in [2.75, 3.05) is 4.90 Å². The minimum Gasteiger partial charge on any atom is -0.429 e. The predicted molar refractivity (Wildman–Crippen MR) is 108 cm³/mol. The zero-order valence-electron chi connectivity index (χ0n) is 16.6. The highest BCUT2D eigenvalue weighted by Crippen LogP contribution is 2.47. The van der Waals surface area contributed by atoms with Gasteiger partial charge in [-0.25, -0.2) is 4.79 Å². The lowest BCUT2D eigenvalue weighted by Crippen LogP contribution is -2.45. The number of nitriles is 1. The van der Waals surface area contributed by atoms with E-state index in [0.29, 0.717) is 11.3 Å². The summed E-state index contributed by atoms with van der Waals surface area (Å²) in [5.74, 6) is -0.556. The van der Waals surface area contributed by atoms with Gasteiger partial charge in [0.15, 0.2) is 0 Å². The third kappa shape index (κ3) is 3.72. The van der Waals surface area contributed by atoms with Crippen LogP contribution < -0.4 is 4.90 Å². The van der Waals surface area contributed by atoms with Crippen LogP contribution in [0.2, 0.25) is 0 Å². The first-order valence-electron chi connectivity index (χ1n) is 9.16. The van der Waals surface area contributed by atoms with Gasteiger partial charge in [-0.1, -0.05) is 55.1 Å². The van der Waals surface area contributed by atoms with E-state index in [4.69, 9.17) is 9.47 Å². The molecule has 1 aliphatic rings. The molecule has 0 aromatic heterocycles. The van der Waals surface area contributed by atoms with Gasteiger partial charge in [-0.15, -0.1) is 0 Å². The maximum absolute atomic E-state index is 13.6. The predicted octanol–water partition coefficient (Wildman–Crippen LogP) is 4.46. The Labute approximate surface area is 170 Å². The molecule has 1 amide bonds. The SMILES string of the molecule is C=C(C#N)C1(OC(=O)OC(C)(C)C)C(=O)N(Cc2ccccc2)c2ccccc21. The highest BCUT2D eigenvalue weighted by Gasteiger charge is 2.57. The average Bonchev–Trinajstić information content (AvgIpc) is 2.90. The summed E-state index contributed by atoms with van der Waals surface area (Å²) in [5.41, 5.74) is -1.12. The maximum Gasteiger partial charge on any atom is 0.510 e. The summed E-state index contributed by atoms with van der Waals surface area (Å²) in [6.45, 7) is 9.05. The van der Waals surface area contributed by atoms with E-state index >= 15 is 0 Å². The quantitative estimate of drug-likeness (QED) is 0.569. The molecule has 0 radical (unpaired) electrons. The molecule has 2 aromatic rings. The minimum absolute atomic E-state index is 0.184. The molecule has 1 atom stereocenters. The van der Waals surface area contributed by atoms with Crippen LogP contribution in [0.5, 0.6) is 0 Å². The molecule has 0 N–H and O–H groups in total. The molecule has 6 nitrogen and oxygen atoms in total. The van der Waals surface area contributed by atoms with Gasteiger partial charge in [0.25, 0.3) is 11.5 Å². The molecule has 1 unspecified atom stereocenters. The van der Waals surface area contributed by atoms with Gasteiger partial charge >= 0.3 is 6.16 Å². The number of hydrogen-bond donors (Lipinski definition) is 0. The van der Waals surface area contributed by atoms with E-state index < -0.39 is 23.3 Å². The molecule has 0 saturated heterocycles. The van der Waals surface area contributed by atoms with Crippen LogP contribution in [-0.4, -0.2) is 17.7 Å². The summed E-state index contributed by atoms with van der Waals surface area (Å²) >= 11 is 0. The molecule has 148 valence electrons. The Hall–Kier alpha value is -3.59. The molecule has 0 spiro atoms. The number of rotatable bonds is 4. The molecular weight excluding hydrogens is 368 g/mol. The second kappa shape index (κ2) is 7.44. The van der Waals surface area contributed by atoms with Crippen LogP contribution in [-0.2, 0) is 26.4 Å². The summed E-state index contributed by atoms with van der Waals surface area (Å²) in [6, 6.07) is 18.2. The van der Waals surface area contributed by atoms with Crippen LogP contribution in [0.4, 0.5) is 10.5 Å². The van der Waals surface area contributed by atoms with Gasteiger partial charge in [0.1, 0.15) is 5.60 Å². The average molecular weight is 390 g/mol. The van der Waals surface area contributed by atoms with Crippen LogP contribution >= 0.6 is 0 Å². The van der Waals surface area contributed by atoms with E-state index in [1.54, 1.807) is 45.0 Å². The van der Waals surface area contributed by atoms with Crippen molar-refractivity contribution >= 4 is 17.7 Å². The van der Waals surface area contributed by atoms with Crippen LogP contribution in [0.3, 0.4) is 0 Å². The van der Waals surface area contributed by atoms with Gasteiger partial charge in [0.05, 0.1) is 23.9 Å². The van der Waals surface area contributed by atoms with Gasteiger partial charge in [0.2, 0.25) is 0 Å². The van der Waals surface area contributed by atoms with E-state index in [2.05, 4.69) is 6.58 Å². The molecule has 0 aliphatic carbocycles. The van der Waals surface area contributed by atoms with Crippen LogP contribution in [0, 0.1) is 11.3 Å². The normalized spacial score (nSPS) is 18.0. The first-order chi connectivity index (χ1) is 13.7. The van der Waals surface area contributed by atoms with Crippen molar-refractivity contribution in [1.29, 1.82) is 5.26 Å². The highest BCUT2D eigenvalue weighted by atomic mass is 16.7. The monoisotopic (exact) mass is 390 g/mol. The Bertz CT molecular complexity index is 1000. The molecular formula is C23H22N2O4. The molecule has 3 rings (SSSR count). The Morgan fingerprint density at radius 3 is 2.38 bits per heavy atom. The molecule has 2 aromatic carbocycles. The van der Waals surface area contributed by atoms with E-state index in [1.807, 2.05) is 36.4 Å². The van der Waals surface area contributed by atoms with Crippen molar-refractivity contribution in [3.63, 3.8) is 0 Å². The number of anilines is 1. The number of benzene rings is 2. The summed E-state index contributed by atoms with van der Waals surface area (Å²) < 4.78 is 10.8. The van der Waals surface area contributed by atoms with Gasteiger partial charge in [-0.3, -0.25) is 4.79 Å². The van der Waals surface area contributed by atoms with E-state index in [0.717, 1.165) is 5.56 Å². The number of fused-ring (bicyclic) bond motifs is 1. The number of hydrogen-bond acceptors (Lipinski definition) is 5. The summed E-state index contributed by atoms with van der Waals surface area (Å²) in [5, 5.41) is 9.57. The van der Waals surface area contributed by atoms with Gasteiger partial charge < -0.3 is 14.4 Å². The zero-order valence-corrected chi connectivity index (χ0v) is 16.6. The van der Waals surface area contributed by atoms with Crippen molar-refractivity contribution in [2.24, 2.45) is 0 Å². The Morgan fingerprint density at radius 2 is 1.76 bits per heavy atom. The number of para-hydroxylation sites is 1. The minimum atomic E-state index is -1.96. The molecule has 29 heavy (non-hydrogen) atoms. The topological polar surface area (TPSA) is 79.6 Å². The number of carbonyl (C=O) groups is 2. The Balaban J connectivity index is 2.08. The third-order valence-corrected chi connectivity index (χ3v) is 4.49. The van der Waals surface area contributed by atoms with E-state index in [1.165, 1.54) is 4.90 Å². The second-order valence-electron chi connectivity index (χ2n) is 7.73. The fourth-order valence-electron chi connectivity index (χ4n) is 3.27. The zero-order chi connectivity index (χ0) is 21.2. The first-order valence-corrected chi connectivity index (χ1v) is 9.16. The van der Waals surface area contributed by atoms with E-state index in [9.17, 15) is 14.9 Å². The number of ether oxygens (including phenoxy) is 2. The van der Waals surface area contributed by atoms with Gasteiger partial charge in [-0.05, 0) is 32.4 Å². The van der Waals surface area contributed by atoms with Crippen molar-refractivity contribution in [3.8, 4) is 6.07 Å². The number of carbonyl (C=O) groups excluding carboxylic acids is 2. The summed E-state index contributed by atoms with van der Waals surface area (Å²) in [6.07, 6.45) is -1.04. The van der Waals surface area contributed by atoms with Crippen molar-refractivity contribution in [1.82, 2.24) is 0 Å².